The van der Waals surface area contributed by atoms with Gasteiger partial charge in [-0.25, -0.2) is 4.39 Å². The number of carbonyl (C=O) groups excluding carboxylic acids is 3. The summed E-state index contributed by atoms with van der Waals surface area (Å²) in [7, 11) is 0. The molecule has 0 saturated carbocycles. The average molecular weight is 503 g/mol. The monoisotopic (exact) mass is 502 g/mol. The van der Waals surface area contributed by atoms with Crippen LogP contribution in [0.5, 0.6) is 0 Å². The molecule has 0 unspecified atom stereocenters. The summed E-state index contributed by atoms with van der Waals surface area (Å²) in [5, 5.41) is 0. The minimum absolute atomic E-state index is 0.00398. The third-order valence-corrected chi connectivity index (χ3v) is 5.75. The summed E-state index contributed by atoms with van der Waals surface area (Å²) in [6, 6.07) is 22.5. The van der Waals surface area contributed by atoms with Gasteiger partial charge in [0.15, 0.2) is 18.2 Å². The molecule has 0 aliphatic heterocycles. The lowest BCUT2D eigenvalue weighted by atomic mass is 9.95. The van der Waals surface area contributed by atoms with Gasteiger partial charge in [-0.15, -0.1) is 0 Å². The molecule has 0 fully saturated rings. The highest BCUT2D eigenvalue weighted by Crippen LogP contribution is 2.20. The van der Waals surface area contributed by atoms with Crippen molar-refractivity contribution >= 4 is 17.9 Å². The van der Waals surface area contributed by atoms with Crippen LogP contribution in [0.4, 0.5) is 4.39 Å². The van der Waals surface area contributed by atoms with Crippen molar-refractivity contribution in [3.8, 4) is 0 Å². The molecule has 0 aliphatic rings. The minimum Gasteiger partial charge on any atom is -0.298 e. The Morgan fingerprint density at radius 2 is 1.27 bits per heavy atom. The van der Waals surface area contributed by atoms with Crippen LogP contribution in [0.2, 0.25) is 0 Å². The molecule has 0 heterocycles. The lowest BCUT2D eigenvalue weighted by Crippen LogP contribution is -2.06. The third-order valence-electron chi connectivity index (χ3n) is 5.75. The number of alkyl halides is 1. The number of hydrogen-bond donors (Lipinski definition) is 0. The number of hydrogen-bond acceptors (Lipinski definition) is 3. The Kier molecular flexibility index (Phi) is 13.7. The van der Waals surface area contributed by atoms with E-state index in [4.69, 9.17) is 0 Å². The van der Waals surface area contributed by atoms with Gasteiger partial charge in [0.05, 0.1) is 0 Å². The van der Waals surface area contributed by atoms with Crippen molar-refractivity contribution in [3.63, 3.8) is 0 Å². The van der Waals surface area contributed by atoms with Crippen molar-refractivity contribution in [1.29, 1.82) is 0 Å². The third kappa shape index (κ3) is 10.1. The molecule has 0 radical (unpaired) electrons. The summed E-state index contributed by atoms with van der Waals surface area (Å²) in [5.41, 5.74) is 5.27. The van der Waals surface area contributed by atoms with Crippen LogP contribution in [0.3, 0.4) is 0 Å². The molecule has 0 saturated heterocycles. The number of halogens is 1. The van der Waals surface area contributed by atoms with Gasteiger partial charge < -0.3 is 0 Å². The van der Waals surface area contributed by atoms with Crippen molar-refractivity contribution in [1.82, 2.24) is 0 Å². The molecule has 0 bridgehead atoms. The summed E-state index contributed by atoms with van der Waals surface area (Å²) in [6.45, 7) is 14.9. The van der Waals surface area contributed by atoms with Gasteiger partial charge in [0, 0.05) is 16.7 Å². The van der Waals surface area contributed by atoms with Gasteiger partial charge in [0.1, 0.15) is 6.29 Å². The maximum Gasteiger partial charge on any atom is 0.194 e. The van der Waals surface area contributed by atoms with E-state index in [1.807, 2.05) is 74.5 Å². The van der Waals surface area contributed by atoms with Gasteiger partial charge in [-0.1, -0.05) is 115 Å². The molecule has 0 amide bonds. The van der Waals surface area contributed by atoms with Crippen molar-refractivity contribution < 1.29 is 18.8 Å². The van der Waals surface area contributed by atoms with Gasteiger partial charge >= 0.3 is 0 Å². The van der Waals surface area contributed by atoms with E-state index >= 15 is 0 Å². The zero-order valence-corrected chi connectivity index (χ0v) is 22.8. The van der Waals surface area contributed by atoms with Crippen molar-refractivity contribution in [2.24, 2.45) is 0 Å². The second kappa shape index (κ2) is 16.2. The molecular formula is C33H39FO3. The number of carbonyl (C=O) groups is 3. The average Bonchev–Trinajstić information content (AvgIpc) is 2.92. The van der Waals surface area contributed by atoms with E-state index in [1.165, 1.54) is 11.6 Å². The molecule has 3 rings (SSSR count). The number of benzene rings is 3. The number of rotatable bonds is 8. The van der Waals surface area contributed by atoms with Crippen LogP contribution < -0.4 is 0 Å². The summed E-state index contributed by atoms with van der Waals surface area (Å²) in [4.78, 5) is 33.0. The maximum absolute atomic E-state index is 12.2. The van der Waals surface area contributed by atoms with E-state index in [1.54, 1.807) is 12.1 Å². The van der Waals surface area contributed by atoms with Crippen molar-refractivity contribution in [2.45, 2.75) is 59.3 Å². The Hall–Kier alpha value is -3.66. The largest absolute Gasteiger partial charge is 0.298 e. The van der Waals surface area contributed by atoms with Gasteiger partial charge in [-0.2, -0.15) is 0 Å². The number of Topliss-reactive ketones (excluding diaryl/α,β-unsaturated/α-hetero) is 1. The lowest BCUT2D eigenvalue weighted by Gasteiger charge is -2.09. The molecule has 0 N–H and O–H groups in total. The Bertz CT molecular complexity index is 1180. The van der Waals surface area contributed by atoms with Crippen LogP contribution in [0.15, 0.2) is 85.5 Å². The fourth-order valence-electron chi connectivity index (χ4n) is 3.65. The molecule has 196 valence electrons. The van der Waals surface area contributed by atoms with E-state index in [0.29, 0.717) is 17.4 Å². The molecule has 0 aromatic heterocycles. The van der Waals surface area contributed by atoms with E-state index in [9.17, 15) is 18.8 Å². The first-order valence-corrected chi connectivity index (χ1v) is 12.6. The van der Waals surface area contributed by atoms with Crippen LogP contribution in [0, 0.1) is 0 Å². The maximum atomic E-state index is 12.2. The first kappa shape index (κ1) is 31.4. The summed E-state index contributed by atoms with van der Waals surface area (Å²) in [6.07, 6.45) is 2.24. The molecule has 4 heteroatoms. The highest BCUT2D eigenvalue weighted by atomic mass is 19.1. The second-order valence-electron chi connectivity index (χ2n) is 9.55. The first-order valence-electron chi connectivity index (χ1n) is 12.6. The molecule has 37 heavy (non-hydrogen) atoms. The van der Waals surface area contributed by atoms with E-state index in [0.717, 1.165) is 28.5 Å². The Morgan fingerprint density at radius 1 is 0.757 bits per heavy atom. The first-order chi connectivity index (χ1) is 17.6. The minimum atomic E-state index is -0.913. The van der Waals surface area contributed by atoms with E-state index < -0.39 is 12.5 Å². The standard InChI is InChI=1S/C12H14O.C11H13FO.C10H12O/c1-4-12(13)11-8-6-5-7-10(11)9(2)3;1-8(2)9-5-3-4-6-10(9)11(13)7-12;1-8(2)10-5-3-4-9(6-10)7-11/h4-9H,1H2,2-3H3;3-6,8H,7H2,1-2H3;3-8H,1-2H3. The predicted molar refractivity (Wildman–Crippen MR) is 152 cm³/mol. The van der Waals surface area contributed by atoms with Gasteiger partial charge in [-0.05, 0) is 46.6 Å². The fraction of sp³-hybridized carbons (Fsp3) is 0.303. The van der Waals surface area contributed by atoms with Gasteiger partial charge in [-0.3, -0.25) is 14.4 Å². The Morgan fingerprint density at radius 3 is 1.73 bits per heavy atom. The highest BCUT2D eigenvalue weighted by Gasteiger charge is 2.12. The summed E-state index contributed by atoms with van der Waals surface area (Å²) < 4.78 is 12.2. The number of aldehydes is 1. The van der Waals surface area contributed by atoms with Gasteiger partial charge in [0.25, 0.3) is 0 Å². The highest BCUT2D eigenvalue weighted by molar-refractivity contribution is 6.05. The molecule has 3 nitrogen and oxygen atoms in total. The van der Waals surface area contributed by atoms with Crippen LogP contribution >= 0.6 is 0 Å². The van der Waals surface area contributed by atoms with Gasteiger partial charge in [0.2, 0.25) is 0 Å². The molecule has 0 atom stereocenters. The van der Waals surface area contributed by atoms with E-state index in [2.05, 4.69) is 34.3 Å². The molecule has 3 aromatic rings. The quantitative estimate of drug-likeness (QED) is 0.176. The van der Waals surface area contributed by atoms with Crippen LogP contribution in [-0.2, 0) is 0 Å². The van der Waals surface area contributed by atoms with Crippen LogP contribution in [-0.4, -0.2) is 24.5 Å². The summed E-state index contributed by atoms with van der Waals surface area (Å²) >= 11 is 0. The smallest absolute Gasteiger partial charge is 0.194 e. The summed E-state index contributed by atoms with van der Waals surface area (Å²) in [5.74, 6) is 0.704. The normalized spacial score (nSPS) is 10.2. The Labute approximate surface area is 221 Å². The second-order valence-corrected chi connectivity index (χ2v) is 9.55. The fourth-order valence-corrected chi connectivity index (χ4v) is 3.65. The van der Waals surface area contributed by atoms with Crippen molar-refractivity contribution in [2.75, 3.05) is 6.67 Å². The molecule has 0 aliphatic carbocycles. The number of ketones is 2. The SMILES string of the molecule is C=CC(=O)c1ccccc1C(C)C.CC(C)c1cccc(C=O)c1.CC(C)c1ccccc1C(=O)CF. The van der Waals surface area contributed by atoms with E-state index in [-0.39, 0.29) is 11.7 Å². The topological polar surface area (TPSA) is 51.2 Å². The zero-order chi connectivity index (χ0) is 28.0. The van der Waals surface area contributed by atoms with Crippen molar-refractivity contribution in [3.05, 3.63) is 119 Å². The van der Waals surface area contributed by atoms with Crippen LogP contribution in [0.1, 0.15) is 107 Å². The Balaban J connectivity index is 0.000000279. The zero-order valence-electron chi connectivity index (χ0n) is 22.8. The number of allylic oxidation sites excluding steroid dienone is 1. The molecule has 3 aromatic carbocycles. The predicted octanol–water partition coefficient (Wildman–Crippen LogP) is 8.76. The molecular weight excluding hydrogens is 463 g/mol. The lowest BCUT2D eigenvalue weighted by molar-refractivity contribution is 0.0956. The van der Waals surface area contributed by atoms with Crippen LogP contribution in [0.25, 0.3) is 0 Å². The molecule has 0 spiro atoms.